The normalized spacial score (nSPS) is 14.1. The molecule has 0 aliphatic carbocycles. The molecule has 0 amide bonds. The fourth-order valence-electron chi connectivity index (χ4n) is 1.41. The average molecular weight is 232 g/mol. The van der Waals surface area contributed by atoms with Crippen LogP contribution in [0, 0.1) is 0 Å². The molecule has 0 spiro atoms. The first kappa shape index (κ1) is 15.8. The van der Waals surface area contributed by atoms with Gasteiger partial charge in [-0.05, 0) is 39.5 Å². The molecule has 16 heavy (non-hydrogen) atoms. The van der Waals surface area contributed by atoms with E-state index in [1.165, 1.54) is 0 Å². The molecule has 0 aromatic heterocycles. The summed E-state index contributed by atoms with van der Waals surface area (Å²) in [5, 5.41) is 0. The second-order valence-electron chi connectivity index (χ2n) is 4.77. The van der Waals surface area contributed by atoms with Crippen LogP contribution in [0.5, 0.6) is 0 Å². The lowest BCUT2D eigenvalue weighted by atomic mass is 9.98. The van der Waals surface area contributed by atoms with E-state index < -0.39 is 0 Å². The van der Waals surface area contributed by atoms with E-state index in [0.29, 0.717) is 6.04 Å². The average Bonchev–Trinajstić information content (AvgIpc) is 2.28. The molecule has 0 heterocycles. The van der Waals surface area contributed by atoms with Crippen LogP contribution in [0.3, 0.4) is 0 Å². The highest BCUT2D eigenvalue weighted by Gasteiger charge is 2.18. The van der Waals surface area contributed by atoms with Crippen molar-refractivity contribution in [1.29, 1.82) is 0 Å². The van der Waals surface area contributed by atoms with E-state index in [9.17, 15) is 0 Å². The molecule has 0 aromatic carbocycles. The molecule has 0 bridgehead atoms. The summed E-state index contributed by atoms with van der Waals surface area (Å²) in [6, 6.07) is 0.311. The molecule has 0 aliphatic heterocycles. The molecule has 0 saturated heterocycles. The van der Waals surface area contributed by atoms with Crippen molar-refractivity contribution in [2.24, 2.45) is 5.84 Å². The van der Waals surface area contributed by atoms with Gasteiger partial charge in [-0.15, -0.1) is 0 Å². The van der Waals surface area contributed by atoms with Gasteiger partial charge in [-0.25, -0.2) is 0 Å². The molecule has 0 aromatic rings. The van der Waals surface area contributed by atoms with E-state index in [0.717, 1.165) is 38.9 Å². The van der Waals surface area contributed by atoms with E-state index in [2.05, 4.69) is 26.2 Å². The fourth-order valence-corrected chi connectivity index (χ4v) is 1.41. The van der Waals surface area contributed by atoms with E-state index in [1.807, 2.05) is 0 Å². The first-order valence-electron chi connectivity index (χ1n) is 6.14. The Balaban J connectivity index is 3.66. The minimum absolute atomic E-state index is 0.0701. The number of hydrazine groups is 1. The van der Waals surface area contributed by atoms with Crippen molar-refractivity contribution in [3.63, 3.8) is 0 Å². The summed E-state index contributed by atoms with van der Waals surface area (Å²) >= 11 is 0. The highest BCUT2D eigenvalue weighted by atomic mass is 16.5. The predicted molar refractivity (Wildman–Crippen MR) is 67.2 cm³/mol. The Morgan fingerprint density at radius 2 is 1.94 bits per heavy atom. The van der Waals surface area contributed by atoms with Crippen LogP contribution >= 0.6 is 0 Å². The van der Waals surface area contributed by atoms with Crippen molar-refractivity contribution in [2.45, 2.75) is 58.1 Å². The zero-order valence-electron chi connectivity index (χ0n) is 11.2. The first-order chi connectivity index (χ1) is 7.55. The van der Waals surface area contributed by atoms with Gasteiger partial charge in [-0.2, -0.15) is 0 Å². The topological polar surface area (TPSA) is 56.5 Å². The van der Waals surface area contributed by atoms with Gasteiger partial charge < -0.3 is 9.47 Å². The lowest BCUT2D eigenvalue weighted by Gasteiger charge is -2.25. The van der Waals surface area contributed by atoms with Crippen molar-refractivity contribution < 1.29 is 9.47 Å². The van der Waals surface area contributed by atoms with Crippen LogP contribution in [-0.2, 0) is 9.47 Å². The van der Waals surface area contributed by atoms with Crippen molar-refractivity contribution >= 4 is 0 Å². The molecule has 0 saturated carbocycles. The Morgan fingerprint density at radius 3 is 2.44 bits per heavy atom. The van der Waals surface area contributed by atoms with Crippen LogP contribution in [0.2, 0.25) is 0 Å². The third-order valence-electron chi connectivity index (χ3n) is 2.84. The third-order valence-corrected chi connectivity index (χ3v) is 2.84. The van der Waals surface area contributed by atoms with E-state index in [1.54, 1.807) is 7.11 Å². The summed E-state index contributed by atoms with van der Waals surface area (Å²) in [6.45, 7) is 7.90. The zero-order valence-corrected chi connectivity index (χ0v) is 11.2. The standard InChI is InChI=1S/C12H28N2O2/c1-5-9-16-10-7-11(14-13)6-8-12(2,3)15-4/h11,14H,5-10,13H2,1-4H3. The van der Waals surface area contributed by atoms with Crippen LogP contribution < -0.4 is 11.3 Å². The van der Waals surface area contributed by atoms with Crippen molar-refractivity contribution in [1.82, 2.24) is 5.43 Å². The van der Waals surface area contributed by atoms with Crippen LogP contribution in [0.4, 0.5) is 0 Å². The number of ether oxygens (including phenoxy) is 2. The molecule has 1 unspecified atom stereocenters. The van der Waals surface area contributed by atoms with Crippen LogP contribution in [0.15, 0.2) is 0 Å². The number of rotatable bonds is 10. The molecular weight excluding hydrogens is 204 g/mol. The number of methoxy groups -OCH3 is 1. The maximum atomic E-state index is 5.51. The molecule has 0 rings (SSSR count). The maximum absolute atomic E-state index is 5.51. The predicted octanol–water partition coefficient (Wildman–Crippen LogP) is 1.84. The molecule has 1 atom stereocenters. The summed E-state index contributed by atoms with van der Waals surface area (Å²) in [7, 11) is 1.75. The van der Waals surface area contributed by atoms with Gasteiger partial charge >= 0.3 is 0 Å². The molecule has 3 N–H and O–H groups in total. The largest absolute Gasteiger partial charge is 0.381 e. The highest BCUT2D eigenvalue weighted by Crippen LogP contribution is 2.17. The molecule has 4 heteroatoms. The molecule has 0 fully saturated rings. The monoisotopic (exact) mass is 232 g/mol. The number of nitrogens with two attached hydrogens (primary N) is 1. The van der Waals surface area contributed by atoms with E-state index in [4.69, 9.17) is 15.3 Å². The third kappa shape index (κ3) is 8.05. The van der Waals surface area contributed by atoms with Crippen LogP contribution in [0.25, 0.3) is 0 Å². The van der Waals surface area contributed by atoms with Crippen LogP contribution in [0.1, 0.15) is 46.5 Å². The van der Waals surface area contributed by atoms with Gasteiger partial charge in [0.15, 0.2) is 0 Å². The SMILES string of the molecule is CCCOCCC(CCC(C)(C)OC)NN. The van der Waals surface area contributed by atoms with Gasteiger partial charge in [0.05, 0.1) is 5.60 Å². The molecule has 0 aliphatic rings. The Morgan fingerprint density at radius 1 is 1.25 bits per heavy atom. The van der Waals surface area contributed by atoms with Crippen molar-refractivity contribution in [3.05, 3.63) is 0 Å². The first-order valence-corrected chi connectivity index (χ1v) is 6.14. The maximum Gasteiger partial charge on any atom is 0.0623 e. The minimum Gasteiger partial charge on any atom is -0.381 e. The summed E-state index contributed by atoms with van der Waals surface area (Å²) < 4.78 is 10.8. The second kappa shape index (κ2) is 8.93. The zero-order chi connectivity index (χ0) is 12.4. The quantitative estimate of drug-likeness (QED) is 0.343. The van der Waals surface area contributed by atoms with Gasteiger partial charge in [0.2, 0.25) is 0 Å². The van der Waals surface area contributed by atoms with E-state index >= 15 is 0 Å². The summed E-state index contributed by atoms with van der Waals surface area (Å²) in [5.74, 6) is 5.51. The lowest BCUT2D eigenvalue weighted by molar-refractivity contribution is 0.0106. The van der Waals surface area contributed by atoms with Gasteiger partial charge in [0.25, 0.3) is 0 Å². The molecular formula is C12H28N2O2. The van der Waals surface area contributed by atoms with Crippen LogP contribution in [-0.4, -0.2) is 32.0 Å². The number of nitrogens with one attached hydrogen (secondary N) is 1. The lowest BCUT2D eigenvalue weighted by Crippen LogP contribution is -2.38. The fraction of sp³-hybridized carbons (Fsp3) is 1.00. The van der Waals surface area contributed by atoms with Gasteiger partial charge in [0, 0.05) is 26.4 Å². The summed E-state index contributed by atoms with van der Waals surface area (Å²) in [6.07, 6.45) is 4.02. The Kier molecular flexibility index (Phi) is 8.84. The van der Waals surface area contributed by atoms with Crippen molar-refractivity contribution in [2.75, 3.05) is 20.3 Å². The second-order valence-corrected chi connectivity index (χ2v) is 4.77. The van der Waals surface area contributed by atoms with E-state index in [-0.39, 0.29) is 5.60 Å². The van der Waals surface area contributed by atoms with Gasteiger partial charge in [-0.3, -0.25) is 11.3 Å². The van der Waals surface area contributed by atoms with Gasteiger partial charge in [0.1, 0.15) is 0 Å². The smallest absolute Gasteiger partial charge is 0.0623 e. The highest BCUT2D eigenvalue weighted by molar-refractivity contribution is 4.73. The number of hydrogen-bond donors (Lipinski definition) is 2. The molecule has 4 nitrogen and oxygen atoms in total. The Labute approximate surface area is 99.8 Å². The Bertz CT molecular complexity index is 163. The van der Waals surface area contributed by atoms with Gasteiger partial charge in [-0.1, -0.05) is 6.92 Å². The Hall–Kier alpha value is -0.160. The number of hydrogen-bond acceptors (Lipinski definition) is 4. The molecule has 98 valence electrons. The van der Waals surface area contributed by atoms with Crippen molar-refractivity contribution in [3.8, 4) is 0 Å². The summed E-state index contributed by atoms with van der Waals surface area (Å²) in [4.78, 5) is 0. The summed E-state index contributed by atoms with van der Waals surface area (Å²) in [5.41, 5.74) is 2.77. The molecule has 0 radical (unpaired) electrons. The minimum atomic E-state index is -0.0701.